The number of hydrogen-bond donors (Lipinski definition) is 1. The molecule has 8 heteroatoms. The summed E-state index contributed by atoms with van der Waals surface area (Å²) in [5.41, 5.74) is 1.78. The van der Waals surface area contributed by atoms with E-state index >= 15 is 0 Å². The van der Waals surface area contributed by atoms with Crippen molar-refractivity contribution in [1.82, 2.24) is 9.21 Å². The third-order valence-electron chi connectivity index (χ3n) is 3.78. The Morgan fingerprint density at radius 1 is 1.32 bits per heavy atom. The van der Waals surface area contributed by atoms with E-state index in [2.05, 4.69) is 0 Å². The van der Waals surface area contributed by atoms with E-state index in [-0.39, 0.29) is 19.5 Å². The zero-order chi connectivity index (χ0) is 16.5. The summed E-state index contributed by atoms with van der Waals surface area (Å²) in [6.07, 6.45) is 1.22. The first-order chi connectivity index (χ1) is 10.2. The van der Waals surface area contributed by atoms with E-state index in [0.717, 1.165) is 21.7 Å². The number of carboxylic acids is 1. The number of amides is 1. The Kier molecular flexibility index (Phi) is 4.52. The molecular formula is C14H18N2O5S. The molecule has 120 valence electrons. The summed E-state index contributed by atoms with van der Waals surface area (Å²) >= 11 is 0. The maximum Gasteiger partial charge on any atom is 0.326 e. The van der Waals surface area contributed by atoms with Gasteiger partial charge in [-0.05, 0) is 11.1 Å². The fourth-order valence-electron chi connectivity index (χ4n) is 2.40. The van der Waals surface area contributed by atoms with Gasteiger partial charge in [0, 0.05) is 20.0 Å². The van der Waals surface area contributed by atoms with Crippen LogP contribution in [0.25, 0.3) is 0 Å². The van der Waals surface area contributed by atoms with Gasteiger partial charge in [0.1, 0.15) is 6.04 Å². The number of carbonyl (C=O) groups excluding carboxylic acids is 1. The number of hydrogen-bond acceptors (Lipinski definition) is 4. The molecule has 1 atom stereocenters. The predicted octanol–water partition coefficient (Wildman–Crippen LogP) is -0.0841. The molecule has 0 aliphatic carbocycles. The number of benzene rings is 1. The van der Waals surface area contributed by atoms with Crippen LogP contribution >= 0.6 is 0 Å². The van der Waals surface area contributed by atoms with Crippen LogP contribution in [0.1, 0.15) is 11.1 Å². The van der Waals surface area contributed by atoms with Crippen LogP contribution in [0.15, 0.2) is 24.3 Å². The molecule has 0 saturated heterocycles. The Hall–Kier alpha value is -1.93. The van der Waals surface area contributed by atoms with E-state index < -0.39 is 27.9 Å². The molecular weight excluding hydrogens is 308 g/mol. The molecule has 0 aromatic heterocycles. The first kappa shape index (κ1) is 16.4. The number of rotatable bonds is 4. The van der Waals surface area contributed by atoms with Gasteiger partial charge in [0.2, 0.25) is 15.9 Å². The van der Waals surface area contributed by atoms with Crippen LogP contribution in [0.2, 0.25) is 0 Å². The van der Waals surface area contributed by atoms with Crippen LogP contribution in [0, 0.1) is 0 Å². The number of carbonyl (C=O) groups is 2. The van der Waals surface area contributed by atoms with E-state index in [4.69, 9.17) is 0 Å². The molecule has 1 aliphatic heterocycles. The van der Waals surface area contributed by atoms with Gasteiger partial charge in [-0.25, -0.2) is 13.2 Å². The second kappa shape index (κ2) is 6.05. The zero-order valence-electron chi connectivity index (χ0n) is 12.4. The van der Waals surface area contributed by atoms with Gasteiger partial charge in [0.25, 0.3) is 0 Å². The molecule has 7 nitrogen and oxygen atoms in total. The minimum Gasteiger partial charge on any atom is -0.480 e. The Morgan fingerprint density at radius 2 is 1.91 bits per heavy atom. The lowest BCUT2D eigenvalue weighted by molar-refractivity contribution is -0.151. The summed E-state index contributed by atoms with van der Waals surface area (Å²) in [6, 6.07) is 6.36. The molecule has 0 spiro atoms. The Bertz CT molecular complexity index is 701. The minimum absolute atomic E-state index is 0.170. The topological polar surface area (TPSA) is 95.0 Å². The van der Waals surface area contributed by atoms with Crippen LogP contribution < -0.4 is 0 Å². The summed E-state index contributed by atoms with van der Waals surface area (Å²) in [5.74, 6) is -1.61. The minimum atomic E-state index is -3.50. The predicted molar refractivity (Wildman–Crippen MR) is 79.6 cm³/mol. The van der Waals surface area contributed by atoms with Gasteiger partial charge in [-0.1, -0.05) is 24.3 Å². The average molecular weight is 326 g/mol. The Labute approximate surface area is 129 Å². The molecule has 2 rings (SSSR count). The van der Waals surface area contributed by atoms with Gasteiger partial charge < -0.3 is 10.0 Å². The number of carboxylic acid groups (broad SMARTS) is 1. The first-order valence-corrected chi connectivity index (χ1v) is 8.55. The lowest BCUT2D eigenvalue weighted by Crippen LogP contribution is -2.51. The number of nitrogens with zero attached hydrogens (tertiary/aromatic N) is 2. The van der Waals surface area contributed by atoms with Crippen LogP contribution in [0.4, 0.5) is 0 Å². The average Bonchev–Trinajstić information content (AvgIpc) is 2.44. The smallest absolute Gasteiger partial charge is 0.326 e. The van der Waals surface area contributed by atoms with Crippen LogP contribution in [0.5, 0.6) is 0 Å². The fraction of sp³-hybridized carbons (Fsp3) is 0.429. The summed E-state index contributed by atoms with van der Waals surface area (Å²) < 4.78 is 23.7. The van der Waals surface area contributed by atoms with Crippen molar-refractivity contribution < 1.29 is 23.1 Å². The second-order valence-electron chi connectivity index (χ2n) is 5.37. The van der Waals surface area contributed by atoms with Crippen molar-refractivity contribution in [3.8, 4) is 0 Å². The molecule has 22 heavy (non-hydrogen) atoms. The Balaban J connectivity index is 2.24. The molecule has 0 radical (unpaired) electrons. The number of sulfonamides is 1. The van der Waals surface area contributed by atoms with E-state index in [1.54, 1.807) is 0 Å². The maximum absolute atomic E-state index is 12.3. The van der Waals surface area contributed by atoms with Gasteiger partial charge in [-0.3, -0.25) is 4.79 Å². The quantitative estimate of drug-likeness (QED) is 0.835. The number of fused-ring (bicyclic) bond motifs is 1. The third-order valence-corrected chi connectivity index (χ3v) is 5.04. The van der Waals surface area contributed by atoms with Crippen molar-refractivity contribution in [2.45, 2.75) is 19.0 Å². The van der Waals surface area contributed by atoms with E-state index in [1.165, 1.54) is 11.9 Å². The van der Waals surface area contributed by atoms with Crippen molar-refractivity contribution >= 4 is 21.9 Å². The summed E-state index contributed by atoms with van der Waals surface area (Å²) in [6.45, 7) is -0.200. The SMILES string of the molecule is CN(CC(=O)N1Cc2ccccc2C[C@@H]1C(=O)O)S(C)(=O)=O. The van der Waals surface area contributed by atoms with Gasteiger partial charge in [-0.15, -0.1) is 0 Å². The first-order valence-electron chi connectivity index (χ1n) is 6.70. The molecule has 1 N–H and O–H groups in total. The number of aliphatic carboxylic acids is 1. The molecule has 0 fully saturated rings. The van der Waals surface area contributed by atoms with Gasteiger partial charge in [0.05, 0.1) is 12.8 Å². The fourth-order valence-corrected chi connectivity index (χ4v) is 2.75. The van der Waals surface area contributed by atoms with E-state index in [9.17, 15) is 23.1 Å². The molecule has 1 aromatic carbocycles. The molecule has 0 unspecified atom stereocenters. The molecule has 1 aromatic rings. The lowest BCUT2D eigenvalue weighted by atomic mass is 9.94. The van der Waals surface area contributed by atoms with E-state index in [0.29, 0.717) is 0 Å². The van der Waals surface area contributed by atoms with Crippen LogP contribution in [0.3, 0.4) is 0 Å². The van der Waals surface area contributed by atoms with Crippen LogP contribution in [-0.4, -0.2) is 60.5 Å². The van der Waals surface area contributed by atoms with Gasteiger partial charge in [0.15, 0.2) is 0 Å². The maximum atomic E-state index is 12.3. The van der Waals surface area contributed by atoms with Crippen molar-refractivity contribution in [3.05, 3.63) is 35.4 Å². The summed E-state index contributed by atoms with van der Waals surface area (Å²) in [7, 11) is -2.20. The molecule has 1 heterocycles. The van der Waals surface area contributed by atoms with Crippen molar-refractivity contribution in [3.63, 3.8) is 0 Å². The Morgan fingerprint density at radius 3 is 2.45 bits per heavy atom. The van der Waals surface area contributed by atoms with Crippen LogP contribution in [-0.2, 0) is 32.6 Å². The normalized spacial score (nSPS) is 18.1. The summed E-state index contributed by atoms with van der Waals surface area (Å²) in [5, 5.41) is 9.35. The molecule has 1 amide bonds. The summed E-state index contributed by atoms with van der Waals surface area (Å²) in [4.78, 5) is 25.0. The van der Waals surface area contributed by atoms with Crippen molar-refractivity contribution in [1.29, 1.82) is 0 Å². The lowest BCUT2D eigenvalue weighted by Gasteiger charge is -2.35. The zero-order valence-corrected chi connectivity index (χ0v) is 13.2. The largest absolute Gasteiger partial charge is 0.480 e. The van der Waals surface area contributed by atoms with Crippen molar-refractivity contribution in [2.75, 3.05) is 19.8 Å². The third kappa shape index (κ3) is 3.45. The highest BCUT2D eigenvalue weighted by molar-refractivity contribution is 7.88. The molecule has 1 aliphatic rings. The van der Waals surface area contributed by atoms with Gasteiger partial charge >= 0.3 is 5.97 Å². The number of likely N-dealkylation sites (N-methyl/N-ethyl adjacent to an activating group) is 1. The monoisotopic (exact) mass is 326 g/mol. The molecule has 0 saturated carbocycles. The second-order valence-corrected chi connectivity index (χ2v) is 7.46. The molecule has 0 bridgehead atoms. The highest BCUT2D eigenvalue weighted by Gasteiger charge is 2.35. The van der Waals surface area contributed by atoms with Crippen molar-refractivity contribution in [2.24, 2.45) is 0 Å². The highest BCUT2D eigenvalue weighted by atomic mass is 32.2. The van der Waals surface area contributed by atoms with E-state index in [1.807, 2.05) is 24.3 Å². The highest BCUT2D eigenvalue weighted by Crippen LogP contribution is 2.23. The standard InChI is InChI=1S/C14H18N2O5S/c1-15(22(2,20)21)9-13(17)16-8-11-6-4-3-5-10(11)7-12(16)14(18)19/h3-6,12H,7-9H2,1-2H3,(H,18,19)/t12-/m1/s1. The van der Waals surface area contributed by atoms with Gasteiger partial charge in [-0.2, -0.15) is 4.31 Å².